The number of halogens is 2. The Morgan fingerprint density at radius 2 is 2.15 bits per heavy atom. The summed E-state index contributed by atoms with van der Waals surface area (Å²) in [6.07, 6.45) is 0. The number of para-hydroxylation sites is 1. The van der Waals surface area contributed by atoms with E-state index >= 15 is 0 Å². The molecule has 27 heavy (non-hydrogen) atoms. The van der Waals surface area contributed by atoms with Crippen molar-refractivity contribution >= 4 is 33.2 Å². The minimum absolute atomic E-state index is 0.141. The zero-order valence-electron chi connectivity index (χ0n) is 15.0. The summed E-state index contributed by atoms with van der Waals surface area (Å²) in [6, 6.07) is 8.02. The zero-order valence-corrected chi connectivity index (χ0v) is 17.4. The molecule has 0 aliphatic carbocycles. The van der Waals surface area contributed by atoms with Gasteiger partial charge in [-0.25, -0.2) is 4.39 Å². The number of nitrogens with one attached hydrogen (secondary N) is 1. The largest absolute Gasteiger partial charge is 0.486 e. The van der Waals surface area contributed by atoms with Crippen LogP contribution in [0.1, 0.15) is 26.6 Å². The second kappa shape index (κ2) is 8.67. The maximum atomic E-state index is 13.6. The van der Waals surface area contributed by atoms with Crippen LogP contribution in [0.4, 0.5) is 4.39 Å². The third-order valence-corrected chi connectivity index (χ3v) is 6.14. The maximum absolute atomic E-state index is 13.6. The maximum Gasteiger partial charge on any atom is 0.261 e. The van der Waals surface area contributed by atoms with Crippen LogP contribution in [0.3, 0.4) is 0 Å². The van der Waals surface area contributed by atoms with Gasteiger partial charge in [0.05, 0.1) is 21.6 Å². The van der Waals surface area contributed by atoms with Crippen molar-refractivity contribution in [3.8, 4) is 5.75 Å². The summed E-state index contributed by atoms with van der Waals surface area (Å²) < 4.78 is 21.9. The Kier molecular flexibility index (Phi) is 6.28. The second-order valence-corrected chi connectivity index (χ2v) is 7.71. The Balaban J connectivity index is 1.51. The highest BCUT2D eigenvalue weighted by atomic mass is 79.9. The van der Waals surface area contributed by atoms with Gasteiger partial charge in [-0.2, -0.15) is 5.10 Å². The number of hydrogen-bond donors (Lipinski definition) is 1. The Morgan fingerprint density at radius 3 is 2.85 bits per heavy atom. The van der Waals surface area contributed by atoms with Crippen LogP contribution in [0.15, 0.2) is 40.2 Å². The monoisotopic (exact) mass is 451 g/mol. The summed E-state index contributed by atoms with van der Waals surface area (Å²) in [5.41, 5.74) is 2.79. The number of ether oxygens (including phenoxy) is 1. The molecule has 0 saturated heterocycles. The lowest BCUT2D eigenvalue weighted by Gasteiger charge is -2.06. The van der Waals surface area contributed by atoms with Crippen molar-refractivity contribution in [1.82, 2.24) is 15.1 Å². The summed E-state index contributed by atoms with van der Waals surface area (Å²) in [6.45, 7) is 5.20. The van der Waals surface area contributed by atoms with E-state index in [1.54, 1.807) is 24.3 Å². The van der Waals surface area contributed by atoms with E-state index in [1.165, 1.54) is 17.4 Å². The van der Waals surface area contributed by atoms with Crippen LogP contribution >= 0.6 is 27.3 Å². The summed E-state index contributed by atoms with van der Waals surface area (Å²) >= 11 is 4.83. The first-order valence-electron chi connectivity index (χ1n) is 8.38. The third-order valence-electron chi connectivity index (χ3n) is 4.01. The lowest BCUT2D eigenvalue weighted by Crippen LogP contribution is -2.27. The number of aromatic nitrogens is 2. The van der Waals surface area contributed by atoms with Crippen molar-refractivity contribution < 1.29 is 13.9 Å². The van der Waals surface area contributed by atoms with Crippen molar-refractivity contribution in [2.75, 3.05) is 6.54 Å². The van der Waals surface area contributed by atoms with Gasteiger partial charge in [-0.05, 0) is 53.4 Å². The topological polar surface area (TPSA) is 56.2 Å². The average molecular weight is 452 g/mol. The molecule has 3 aromatic rings. The molecule has 0 fully saturated rings. The molecule has 0 atom stereocenters. The number of carbonyl (C=O) groups is 1. The van der Waals surface area contributed by atoms with Gasteiger partial charge in [0.25, 0.3) is 5.91 Å². The van der Waals surface area contributed by atoms with E-state index in [2.05, 4.69) is 26.3 Å². The van der Waals surface area contributed by atoms with Crippen molar-refractivity contribution in [2.24, 2.45) is 0 Å². The molecule has 0 spiro atoms. The number of thiophene rings is 1. The van der Waals surface area contributed by atoms with E-state index in [4.69, 9.17) is 4.74 Å². The molecular weight excluding hydrogens is 433 g/mol. The van der Waals surface area contributed by atoms with Gasteiger partial charge in [0.2, 0.25) is 0 Å². The minimum atomic E-state index is -0.401. The van der Waals surface area contributed by atoms with E-state index in [-0.39, 0.29) is 18.3 Å². The Hall–Kier alpha value is -2.19. The van der Waals surface area contributed by atoms with Gasteiger partial charge in [-0.3, -0.25) is 9.48 Å². The van der Waals surface area contributed by atoms with Crippen LogP contribution in [0.2, 0.25) is 0 Å². The number of rotatable bonds is 7. The molecule has 0 aliphatic rings. The quantitative estimate of drug-likeness (QED) is 0.576. The zero-order chi connectivity index (χ0) is 19.4. The van der Waals surface area contributed by atoms with Crippen LogP contribution in [0.5, 0.6) is 5.75 Å². The Morgan fingerprint density at radius 1 is 1.37 bits per heavy atom. The summed E-state index contributed by atoms with van der Waals surface area (Å²) in [4.78, 5) is 12.9. The van der Waals surface area contributed by atoms with E-state index in [1.807, 2.05) is 23.9 Å². The van der Waals surface area contributed by atoms with E-state index < -0.39 is 5.82 Å². The molecule has 1 amide bonds. The van der Waals surface area contributed by atoms with Crippen molar-refractivity contribution in [2.45, 2.75) is 27.0 Å². The average Bonchev–Trinajstić information content (AvgIpc) is 3.22. The van der Waals surface area contributed by atoms with Gasteiger partial charge in [0.15, 0.2) is 11.6 Å². The van der Waals surface area contributed by atoms with Gasteiger partial charge >= 0.3 is 0 Å². The highest BCUT2D eigenvalue weighted by Crippen LogP contribution is 2.21. The van der Waals surface area contributed by atoms with Crippen LogP contribution in [-0.4, -0.2) is 22.2 Å². The molecule has 0 radical (unpaired) electrons. The molecule has 3 rings (SSSR count). The third kappa shape index (κ3) is 4.75. The number of hydrogen-bond acceptors (Lipinski definition) is 4. The molecule has 5 nitrogen and oxygen atoms in total. The van der Waals surface area contributed by atoms with Crippen LogP contribution in [0.25, 0.3) is 0 Å². The molecule has 8 heteroatoms. The molecule has 1 N–H and O–H groups in total. The number of nitrogens with zero attached hydrogens (tertiary/aromatic N) is 2. The van der Waals surface area contributed by atoms with Crippen molar-refractivity contribution in [3.63, 3.8) is 0 Å². The van der Waals surface area contributed by atoms with Crippen LogP contribution in [-0.2, 0) is 13.2 Å². The minimum Gasteiger partial charge on any atom is -0.486 e. The molecule has 2 aromatic heterocycles. The molecule has 0 unspecified atom stereocenters. The van der Waals surface area contributed by atoms with Gasteiger partial charge in [-0.1, -0.05) is 12.1 Å². The number of carbonyl (C=O) groups excluding carboxylic acids is 1. The number of aryl methyl sites for hydroxylation is 1. The van der Waals surface area contributed by atoms with Crippen LogP contribution < -0.4 is 10.1 Å². The molecule has 0 saturated carbocycles. The lowest BCUT2D eigenvalue weighted by atomic mass is 10.3. The standard InChI is InChI=1S/C19H19BrFN3O2S/c1-12-18(20)13(2)24(23-12)8-7-22-19(25)17-9-14(11-27-17)10-26-16-6-4-3-5-15(16)21/h3-6,9,11H,7-8,10H2,1-2H3,(H,22,25). The first-order valence-corrected chi connectivity index (χ1v) is 10.1. The SMILES string of the molecule is Cc1nn(CCNC(=O)c2cc(COc3ccccc3F)cs2)c(C)c1Br. The predicted molar refractivity (Wildman–Crippen MR) is 107 cm³/mol. The molecule has 1 aromatic carbocycles. The van der Waals surface area contributed by atoms with Gasteiger partial charge in [0, 0.05) is 17.8 Å². The summed E-state index contributed by atoms with van der Waals surface area (Å²) in [5.74, 6) is -0.343. The normalized spacial score (nSPS) is 10.8. The van der Waals surface area contributed by atoms with Crippen LogP contribution in [0, 0.1) is 19.7 Å². The van der Waals surface area contributed by atoms with Gasteiger partial charge in [-0.15, -0.1) is 11.3 Å². The summed E-state index contributed by atoms with van der Waals surface area (Å²) in [7, 11) is 0. The second-order valence-electron chi connectivity index (χ2n) is 6.00. The van der Waals surface area contributed by atoms with Gasteiger partial charge in [0.1, 0.15) is 6.61 Å². The highest BCUT2D eigenvalue weighted by molar-refractivity contribution is 9.10. The summed E-state index contributed by atoms with van der Waals surface area (Å²) in [5, 5.41) is 9.15. The van der Waals surface area contributed by atoms with E-state index in [0.717, 1.165) is 21.4 Å². The number of amides is 1. The lowest BCUT2D eigenvalue weighted by molar-refractivity contribution is 0.0955. The predicted octanol–water partition coefficient (Wildman–Crippen LogP) is 4.47. The fourth-order valence-corrected chi connectivity index (χ4v) is 3.65. The van der Waals surface area contributed by atoms with Crippen molar-refractivity contribution in [3.05, 3.63) is 67.8 Å². The Bertz CT molecular complexity index is 954. The highest BCUT2D eigenvalue weighted by Gasteiger charge is 2.12. The molecule has 0 aliphatic heterocycles. The molecular formula is C19H19BrFN3O2S. The fraction of sp³-hybridized carbons (Fsp3) is 0.263. The smallest absolute Gasteiger partial charge is 0.261 e. The molecule has 142 valence electrons. The molecule has 2 heterocycles. The van der Waals surface area contributed by atoms with E-state index in [0.29, 0.717) is 18.0 Å². The number of benzene rings is 1. The molecule has 0 bridgehead atoms. The van der Waals surface area contributed by atoms with Crippen molar-refractivity contribution in [1.29, 1.82) is 0 Å². The fourth-order valence-electron chi connectivity index (χ4n) is 2.55. The van der Waals surface area contributed by atoms with Gasteiger partial charge < -0.3 is 10.1 Å². The first-order chi connectivity index (χ1) is 13.0. The Labute approximate surface area is 169 Å². The van der Waals surface area contributed by atoms with E-state index in [9.17, 15) is 9.18 Å². The first kappa shape index (κ1) is 19.6.